The predicted molar refractivity (Wildman–Crippen MR) is 177 cm³/mol. The van der Waals surface area contributed by atoms with Crippen molar-refractivity contribution in [1.29, 1.82) is 0 Å². The molecule has 15 heteroatoms. The Morgan fingerprint density at radius 1 is 0.867 bits per heavy atom. The van der Waals surface area contributed by atoms with Crippen molar-refractivity contribution in [3.05, 3.63) is 60.0 Å². The predicted octanol–water partition coefficient (Wildman–Crippen LogP) is 2.71. The van der Waals surface area contributed by atoms with Crippen LogP contribution in [0.3, 0.4) is 0 Å². The van der Waals surface area contributed by atoms with Gasteiger partial charge in [-0.15, -0.1) is 0 Å². The highest BCUT2D eigenvalue weighted by atomic mass is 33.1. The number of primary sulfonamides is 1. The van der Waals surface area contributed by atoms with Crippen molar-refractivity contribution in [3.8, 4) is 22.5 Å². The van der Waals surface area contributed by atoms with E-state index in [0.717, 1.165) is 54.3 Å². The first-order chi connectivity index (χ1) is 21.1. The van der Waals surface area contributed by atoms with E-state index in [1.165, 1.54) is 12.1 Å². The smallest absolute Gasteiger partial charge is 0.324 e. The molecule has 4 rings (SSSR count). The second kappa shape index (κ2) is 13.8. The highest BCUT2D eigenvalue weighted by Gasteiger charge is 2.26. The Bertz CT molecular complexity index is 2080. The molecule has 0 saturated heterocycles. The normalized spacial score (nSPS) is 12.6. The van der Waals surface area contributed by atoms with E-state index in [1.54, 1.807) is 0 Å². The van der Waals surface area contributed by atoms with Crippen molar-refractivity contribution >= 4 is 56.5 Å². The van der Waals surface area contributed by atoms with Crippen LogP contribution in [0.5, 0.6) is 0 Å². The number of fused-ring (bicyclic) bond motifs is 2. The molecule has 45 heavy (non-hydrogen) atoms. The molecule has 0 unspecified atom stereocenters. The molecule has 2 aromatic rings. The fraction of sp³-hybridized carbons (Fsp3) is 0.367. The molecule has 0 saturated carbocycles. The molecule has 0 atom stereocenters. The van der Waals surface area contributed by atoms with Crippen LogP contribution >= 0.6 is 10.8 Å². The quantitative estimate of drug-likeness (QED) is 0.0724. The Labute approximate surface area is 268 Å². The number of nitrogens with zero attached hydrogens (tertiary/aromatic N) is 2. The lowest BCUT2D eigenvalue weighted by Crippen LogP contribution is -2.87. The van der Waals surface area contributed by atoms with Crippen molar-refractivity contribution in [1.82, 2.24) is 4.58 Å². The molecule has 0 amide bonds. The molecule has 11 nitrogen and oxygen atoms in total. The number of hydrogen-bond acceptors (Lipinski definition) is 10. The van der Waals surface area contributed by atoms with E-state index in [2.05, 4.69) is 9.48 Å². The first-order valence-corrected chi connectivity index (χ1v) is 20.8. The number of benzene rings is 3. The Kier molecular flexibility index (Phi) is 10.7. The first-order valence-electron chi connectivity index (χ1n) is 14.5. The Balaban J connectivity index is 2.00. The minimum Gasteiger partial charge on any atom is -0.744 e. The van der Waals surface area contributed by atoms with Gasteiger partial charge in [0, 0.05) is 59.2 Å². The van der Waals surface area contributed by atoms with Crippen LogP contribution in [0.2, 0.25) is 0 Å². The van der Waals surface area contributed by atoms with Crippen LogP contribution in [0.15, 0.2) is 68.8 Å². The highest BCUT2D eigenvalue weighted by molar-refractivity contribution is 8.71. The number of quaternary nitrogens is 1. The van der Waals surface area contributed by atoms with E-state index in [4.69, 9.17) is 4.42 Å². The number of anilines is 1. The van der Waals surface area contributed by atoms with Crippen molar-refractivity contribution in [2.24, 2.45) is 0 Å². The fourth-order valence-corrected chi connectivity index (χ4v) is 9.13. The van der Waals surface area contributed by atoms with Gasteiger partial charge in [0.05, 0.1) is 16.7 Å². The maximum absolute atomic E-state index is 13.1. The Morgan fingerprint density at radius 2 is 1.53 bits per heavy atom. The van der Waals surface area contributed by atoms with Gasteiger partial charge >= 0.3 is 10.0 Å². The summed E-state index contributed by atoms with van der Waals surface area (Å²) in [5, 5.41) is 1.46. The fourth-order valence-electron chi connectivity index (χ4n) is 5.32. The molecule has 1 heterocycles. The molecule has 2 aromatic carbocycles. The molecule has 1 aliphatic carbocycles. The zero-order valence-electron chi connectivity index (χ0n) is 25.8. The van der Waals surface area contributed by atoms with Crippen LogP contribution in [0, 0.1) is 0 Å². The monoisotopic (exact) mass is 696 g/mol. The van der Waals surface area contributed by atoms with Gasteiger partial charge in [-0.25, -0.2) is 26.1 Å². The number of sulfonamides is 1. The van der Waals surface area contributed by atoms with Gasteiger partial charge in [0.1, 0.15) is 46.0 Å². The van der Waals surface area contributed by atoms with Crippen LogP contribution in [0.25, 0.3) is 33.4 Å². The largest absolute Gasteiger partial charge is 0.744 e. The van der Waals surface area contributed by atoms with Crippen LogP contribution in [0.1, 0.15) is 27.7 Å². The lowest BCUT2D eigenvalue weighted by atomic mass is 9.93. The minimum absolute atomic E-state index is 0.000684. The summed E-state index contributed by atoms with van der Waals surface area (Å²) in [6.45, 7) is 11.1. The van der Waals surface area contributed by atoms with Gasteiger partial charge in [0.15, 0.2) is 8.87 Å². The van der Waals surface area contributed by atoms with Crippen molar-refractivity contribution < 1.29 is 38.9 Å². The maximum Gasteiger partial charge on any atom is 0.324 e. The standard InChI is InChI=1S/C30H37N3O8S4/c1-6-32(7-2)21-10-13-24-27(18-21)41-28-19-22(33(8-3)9-4)11-14-25(28)30(24)26-15-12-23(20-29(26)45(38,39)40)44(36,37)31-16-17-42-43(5,34)35/h10-15,18-20,31H,6-9,16-17H2,1-5H3/p+1. The average molecular weight is 697 g/mol. The number of nitrogens with two attached hydrogens (primary N) is 1. The van der Waals surface area contributed by atoms with E-state index >= 15 is 0 Å². The molecule has 2 N–H and O–H groups in total. The zero-order chi connectivity index (χ0) is 33.2. The van der Waals surface area contributed by atoms with Gasteiger partial charge in [-0.1, -0.05) is 6.07 Å². The summed E-state index contributed by atoms with van der Waals surface area (Å²) in [7, 11) is -12.1. The molecule has 0 fully saturated rings. The highest BCUT2D eigenvalue weighted by Crippen LogP contribution is 2.43. The van der Waals surface area contributed by atoms with Gasteiger partial charge in [0.2, 0.25) is 5.36 Å². The summed E-state index contributed by atoms with van der Waals surface area (Å²) in [5.41, 5.74) is 2.41. The molecular formula is C30H38N3O8S4+. The van der Waals surface area contributed by atoms with Crippen LogP contribution in [-0.4, -0.2) is 74.5 Å². The van der Waals surface area contributed by atoms with E-state index < -0.39 is 33.9 Å². The van der Waals surface area contributed by atoms with Crippen molar-refractivity contribution in [2.45, 2.75) is 37.5 Å². The molecule has 0 aromatic heterocycles. The molecule has 2 aliphatic rings. The third-order valence-electron chi connectivity index (χ3n) is 7.52. The summed E-state index contributed by atoms with van der Waals surface area (Å²) in [6, 6.07) is 14.7. The second-order valence-corrected chi connectivity index (χ2v) is 18.1. The summed E-state index contributed by atoms with van der Waals surface area (Å²) in [6.07, 6.45) is 1.02. The van der Waals surface area contributed by atoms with E-state index in [-0.39, 0.29) is 22.8 Å². The van der Waals surface area contributed by atoms with E-state index in [0.29, 0.717) is 38.7 Å². The molecule has 0 spiro atoms. The third-order valence-corrected chi connectivity index (χ3v) is 12.6. The van der Waals surface area contributed by atoms with Crippen LogP contribution < -0.4 is 19.6 Å². The van der Waals surface area contributed by atoms with E-state index in [1.807, 2.05) is 64.1 Å². The van der Waals surface area contributed by atoms with Gasteiger partial charge in [0.25, 0.3) is 0 Å². The average Bonchev–Trinajstić information content (AvgIpc) is 2.98. The molecule has 0 bridgehead atoms. The zero-order valence-corrected chi connectivity index (χ0v) is 29.1. The summed E-state index contributed by atoms with van der Waals surface area (Å²) < 4.78 is 96.6. The van der Waals surface area contributed by atoms with Gasteiger partial charge < -0.3 is 13.9 Å². The number of hydrogen-bond donors (Lipinski definition) is 1. The van der Waals surface area contributed by atoms with Crippen molar-refractivity contribution in [2.75, 3.05) is 49.6 Å². The van der Waals surface area contributed by atoms with Gasteiger partial charge in [-0.05, 0) is 68.8 Å². The van der Waals surface area contributed by atoms with Crippen LogP contribution in [-0.2, 0) is 29.0 Å². The summed E-state index contributed by atoms with van der Waals surface area (Å²) in [5.74, 6) is 0.473. The SMILES string of the molecule is CCN(CC)c1ccc2c(-c3ccc(S(=O)(=O)[NH2+]CCSS(C)(=O)=O)cc3S(=O)(=O)[O-])c3ccc(=[N+](CC)CC)cc-3oc2c1. The van der Waals surface area contributed by atoms with Gasteiger partial charge in [-0.3, -0.25) is 0 Å². The Morgan fingerprint density at radius 3 is 2.13 bits per heavy atom. The molecule has 244 valence electrons. The summed E-state index contributed by atoms with van der Waals surface area (Å²) >= 11 is 0. The lowest BCUT2D eigenvalue weighted by Gasteiger charge is -2.23. The maximum atomic E-state index is 13.1. The number of rotatable bonds is 13. The first kappa shape index (κ1) is 34.9. The topological polar surface area (TPSA) is 161 Å². The molecule has 1 aliphatic heterocycles. The lowest BCUT2D eigenvalue weighted by molar-refractivity contribution is -0.491. The van der Waals surface area contributed by atoms with Crippen molar-refractivity contribution in [3.63, 3.8) is 0 Å². The summed E-state index contributed by atoms with van der Waals surface area (Å²) in [4.78, 5) is 1.08. The van der Waals surface area contributed by atoms with Crippen LogP contribution in [0.4, 0.5) is 5.69 Å². The second-order valence-electron chi connectivity index (χ2n) is 10.3. The molecule has 0 radical (unpaired) electrons. The van der Waals surface area contributed by atoms with Gasteiger partial charge in [-0.2, -0.15) is 8.42 Å². The third kappa shape index (κ3) is 7.89. The van der Waals surface area contributed by atoms with E-state index in [9.17, 15) is 29.8 Å². The minimum atomic E-state index is -5.16. The molecular weight excluding hydrogens is 659 g/mol. The Hall–Kier alpha value is -2.95.